The Kier molecular flexibility index (Phi) is 49.8. The lowest BCUT2D eigenvalue weighted by Gasteiger charge is -2.48. The highest BCUT2D eigenvalue weighted by Crippen LogP contribution is 2.33. The zero-order valence-electron chi connectivity index (χ0n) is 56.8. The second-order valence-corrected chi connectivity index (χ2v) is 26.8. The summed E-state index contributed by atoms with van der Waals surface area (Å²) in [6.07, 6.45) is 35.7. The minimum Gasteiger partial charge on any atom is -0.394 e. The highest BCUT2D eigenvalue weighted by Gasteiger charge is 2.53. The topological polar surface area (TPSA) is 307 Å². The van der Waals surface area contributed by atoms with E-state index in [4.69, 9.17) is 28.4 Å². The molecule has 91 heavy (non-hydrogen) atoms. The van der Waals surface area contributed by atoms with E-state index in [1.807, 2.05) is 0 Å². The number of carbonyl (C=O) groups is 1. The molecule has 0 aliphatic carbocycles. The van der Waals surface area contributed by atoms with Crippen LogP contribution in [0, 0.1) is 0 Å². The molecule has 19 nitrogen and oxygen atoms in total. The minimum absolute atomic E-state index is 0.252. The fourth-order valence-electron chi connectivity index (χ4n) is 12.7. The Hall–Kier alpha value is -1.73. The lowest BCUT2D eigenvalue weighted by atomic mass is 9.96. The second kappa shape index (κ2) is 54.3. The third-order valence-electron chi connectivity index (χ3n) is 18.8. The third kappa shape index (κ3) is 35.9. The Labute approximate surface area is 549 Å². The molecule has 19 heteroatoms. The molecule has 3 saturated heterocycles. The lowest BCUT2D eigenvalue weighted by Crippen LogP contribution is -2.66. The maximum Gasteiger partial charge on any atom is 0.220 e. The maximum atomic E-state index is 13.4. The monoisotopic (exact) mass is 1300 g/mol. The molecule has 0 spiro atoms. The molecule has 1 amide bonds. The van der Waals surface area contributed by atoms with Crippen molar-refractivity contribution < 1.29 is 89.4 Å². The molecule has 3 rings (SSSR count). The first-order valence-corrected chi connectivity index (χ1v) is 37.1. The Morgan fingerprint density at radius 3 is 1.15 bits per heavy atom. The largest absolute Gasteiger partial charge is 0.394 e. The molecular formula is C72H135NO18. The zero-order chi connectivity index (χ0) is 66.1. The van der Waals surface area contributed by atoms with Crippen LogP contribution in [0.3, 0.4) is 0 Å². The molecule has 3 aliphatic heterocycles. The van der Waals surface area contributed by atoms with Crippen LogP contribution in [0.4, 0.5) is 0 Å². The lowest BCUT2D eigenvalue weighted by molar-refractivity contribution is -0.379. The highest BCUT2D eigenvalue weighted by atomic mass is 16.8. The number of nitrogens with one attached hydrogen (secondary N) is 1. The van der Waals surface area contributed by atoms with Gasteiger partial charge in [-0.15, -0.1) is 0 Å². The molecule has 0 aromatic carbocycles. The molecule has 17 atom stereocenters. The SMILES string of the molecule is CCCC/C=C\C/C=C\CCCCCCCC(=O)NC(COC1OC(CO)C(OC2OC(CO)C(OC3OC(CO)C(O)C(O)C3O)C(O)C2O)C(O)C1O)C(O)CCCCCCCCCCCCCCCCCCCCCCCCCCCCCCCCCC. The first kappa shape index (κ1) is 83.5. The van der Waals surface area contributed by atoms with Crippen LogP contribution >= 0.6 is 0 Å². The fraction of sp³-hybridized carbons (Fsp3) is 0.931. The molecule has 0 saturated carbocycles. The summed E-state index contributed by atoms with van der Waals surface area (Å²) >= 11 is 0. The van der Waals surface area contributed by atoms with Gasteiger partial charge in [0.2, 0.25) is 5.91 Å². The molecule has 0 bridgehead atoms. The van der Waals surface area contributed by atoms with Crippen molar-refractivity contribution in [1.82, 2.24) is 5.32 Å². The summed E-state index contributed by atoms with van der Waals surface area (Å²) < 4.78 is 34.4. The quantitative estimate of drug-likeness (QED) is 0.0199. The summed E-state index contributed by atoms with van der Waals surface area (Å²) in [5, 5.41) is 121. The van der Waals surface area contributed by atoms with Crippen LogP contribution in [0.2, 0.25) is 0 Å². The number of ether oxygens (including phenoxy) is 6. The standard InChI is InChI=1S/C72H135NO18/c1-3-5-7-9-11-13-15-17-19-20-21-22-23-24-25-26-27-28-29-30-31-32-33-34-35-36-37-39-41-43-45-47-49-56(77)55(73-60(78)50-48-46-44-42-40-38-18-16-14-12-10-8-6-4-2)54-86-70-66(84)63(81)68(58(52-75)88-70)91-72-67(85)64(82)69(59(53-76)89-72)90-71-65(83)62(80)61(79)57(51-74)87-71/h10,12,16,18,55-59,61-72,74-77,79-85H,3-9,11,13-15,17,19-54H2,1-2H3,(H,73,78)/b12-10-,18-16-. The molecule has 3 aliphatic rings. The molecule has 0 aromatic rings. The van der Waals surface area contributed by atoms with Crippen molar-refractivity contribution in [3.63, 3.8) is 0 Å². The van der Waals surface area contributed by atoms with Crippen LogP contribution < -0.4 is 5.32 Å². The van der Waals surface area contributed by atoms with Gasteiger partial charge in [-0.2, -0.15) is 0 Å². The molecule has 0 aromatic heterocycles. The normalized spacial score (nSPS) is 27.9. The van der Waals surface area contributed by atoms with Gasteiger partial charge in [0, 0.05) is 6.42 Å². The van der Waals surface area contributed by atoms with Crippen LogP contribution in [-0.4, -0.2) is 193 Å². The summed E-state index contributed by atoms with van der Waals surface area (Å²) in [6.45, 7) is 1.77. The van der Waals surface area contributed by atoms with Gasteiger partial charge in [0.1, 0.15) is 73.2 Å². The number of aliphatic hydroxyl groups excluding tert-OH is 11. The number of unbranched alkanes of at least 4 members (excludes halogenated alkanes) is 38. The summed E-state index contributed by atoms with van der Waals surface area (Å²) in [4.78, 5) is 13.4. The van der Waals surface area contributed by atoms with E-state index in [0.717, 1.165) is 70.6 Å². The van der Waals surface area contributed by atoms with Crippen LogP contribution in [0.1, 0.15) is 296 Å². The molecule has 3 fully saturated rings. The van der Waals surface area contributed by atoms with Crippen molar-refractivity contribution >= 4 is 5.91 Å². The van der Waals surface area contributed by atoms with Gasteiger partial charge >= 0.3 is 0 Å². The second-order valence-electron chi connectivity index (χ2n) is 26.8. The van der Waals surface area contributed by atoms with Crippen molar-refractivity contribution in [1.29, 1.82) is 0 Å². The average Bonchev–Trinajstić information content (AvgIpc) is 0.850. The van der Waals surface area contributed by atoms with E-state index in [1.54, 1.807) is 0 Å². The van der Waals surface area contributed by atoms with E-state index in [-0.39, 0.29) is 18.9 Å². The number of amides is 1. The van der Waals surface area contributed by atoms with Gasteiger partial charge in [-0.1, -0.05) is 276 Å². The number of rotatable bonds is 58. The molecular weight excluding hydrogens is 1170 g/mol. The van der Waals surface area contributed by atoms with Crippen LogP contribution in [-0.2, 0) is 33.2 Å². The molecule has 17 unspecified atom stereocenters. The van der Waals surface area contributed by atoms with E-state index < -0.39 is 124 Å². The van der Waals surface area contributed by atoms with Gasteiger partial charge in [-0.05, 0) is 38.5 Å². The van der Waals surface area contributed by atoms with E-state index >= 15 is 0 Å². The number of hydrogen-bond donors (Lipinski definition) is 12. The van der Waals surface area contributed by atoms with Gasteiger partial charge < -0.3 is 89.9 Å². The van der Waals surface area contributed by atoms with Gasteiger partial charge in [0.05, 0.1) is 38.6 Å². The van der Waals surface area contributed by atoms with Gasteiger partial charge in [-0.25, -0.2) is 0 Å². The van der Waals surface area contributed by atoms with Gasteiger partial charge in [0.25, 0.3) is 0 Å². The van der Waals surface area contributed by atoms with Crippen molar-refractivity contribution in [2.24, 2.45) is 0 Å². The Morgan fingerprint density at radius 2 is 0.736 bits per heavy atom. The number of allylic oxidation sites excluding steroid dienone is 4. The highest BCUT2D eigenvalue weighted by molar-refractivity contribution is 5.76. The predicted molar refractivity (Wildman–Crippen MR) is 356 cm³/mol. The molecule has 3 heterocycles. The predicted octanol–water partition coefficient (Wildman–Crippen LogP) is 10.6. The van der Waals surface area contributed by atoms with Crippen molar-refractivity contribution in [3.05, 3.63) is 24.3 Å². The van der Waals surface area contributed by atoms with Crippen LogP contribution in [0.15, 0.2) is 24.3 Å². The van der Waals surface area contributed by atoms with E-state index in [0.29, 0.717) is 12.8 Å². The Balaban J connectivity index is 1.35. The third-order valence-corrected chi connectivity index (χ3v) is 18.8. The van der Waals surface area contributed by atoms with Crippen molar-refractivity contribution in [2.45, 2.75) is 401 Å². The Bertz CT molecular complexity index is 1750. The van der Waals surface area contributed by atoms with E-state index in [2.05, 4.69) is 43.5 Å². The molecule has 536 valence electrons. The molecule has 0 radical (unpaired) electrons. The first-order chi connectivity index (χ1) is 44.3. The fourth-order valence-corrected chi connectivity index (χ4v) is 12.7. The number of carbonyl (C=O) groups excluding carboxylic acids is 1. The summed E-state index contributed by atoms with van der Waals surface area (Å²) in [5.74, 6) is -0.254. The number of hydrogen-bond acceptors (Lipinski definition) is 18. The molecule has 12 N–H and O–H groups in total. The Morgan fingerprint density at radius 1 is 0.396 bits per heavy atom. The van der Waals surface area contributed by atoms with E-state index in [1.165, 1.54) is 193 Å². The summed E-state index contributed by atoms with van der Waals surface area (Å²) in [5.41, 5.74) is 0. The smallest absolute Gasteiger partial charge is 0.220 e. The van der Waals surface area contributed by atoms with Crippen molar-refractivity contribution in [3.8, 4) is 0 Å². The first-order valence-electron chi connectivity index (χ1n) is 37.1. The van der Waals surface area contributed by atoms with Crippen LogP contribution in [0.25, 0.3) is 0 Å². The van der Waals surface area contributed by atoms with Gasteiger partial charge in [0.15, 0.2) is 18.9 Å². The van der Waals surface area contributed by atoms with Gasteiger partial charge in [-0.3, -0.25) is 4.79 Å². The maximum absolute atomic E-state index is 13.4. The van der Waals surface area contributed by atoms with Crippen LogP contribution in [0.5, 0.6) is 0 Å². The number of aliphatic hydroxyl groups is 11. The summed E-state index contributed by atoms with van der Waals surface area (Å²) in [7, 11) is 0. The summed E-state index contributed by atoms with van der Waals surface area (Å²) in [6, 6.07) is -0.894. The zero-order valence-corrected chi connectivity index (χ0v) is 56.8. The van der Waals surface area contributed by atoms with E-state index in [9.17, 15) is 61.0 Å². The minimum atomic E-state index is -1.97. The van der Waals surface area contributed by atoms with Crippen molar-refractivity contribution in [2.75, 3.05) is 26.4 Å². The average molecular weight is 1300 g/mol.